The number of nitrogens with zero attached hydrogens (tertiary/aromatic N) is 5. The van der Waals surface area contributed by atoms with Crippen molar-refractivity contribution in [2.24, 2.45) is 0 Å². The molecule has 0 spiro atoms. The van der Waals surface area contributed by atoms with Gasteiger partial charge in [0.15, 0.2) is 11.2 Å². The van der Waals surface area contributed by atoms with E-state index in [1.807, 2.05) is 18.2 Å². The summed E-state index contributed by atoms with van der Waals surface area (Å²) < 4.78 is 1.59. The number of H-pyrrole nitrogens is 1. The number of aromatic amines is 1. The summed E-state index contributed by atoms with van der Waals surface area (Å²) in [4.78, 5) is 35.0. The molecule has 1 aliphatic heterocycles. The van der Waals surface area contributed by atoms with E-state index < -0.39 is 0 Å². The number of hydrogen-bond acceptors (Lipinski definition) is 5. The first-order valence-corrected chi connectivity index (χ1v) is 11.4. The second-order valence-corrected chi connectivity index (χ2v) is 8.97. The summed E-state index contributed by atoms with van der Waals surface area (Å²) in [6.45, 7) is 1.48. The fraction of sp³-hybridized carbons (Fsp3) is 0.261. The van der Waals surface area contributed by atoms with Gasteiger partial charge in [0.1, 0.15) is 5.82 Å². The lowest BCUT2D eigenvalue weighted by Gasteiger charge is -2.32. The molecule has 1 unspecified atom stereocenters. The predicted octanol–water partition coefficient (Wildman–Crippen LogP) is 3.89. The summed E-state index contributed by atoms with van der Waals surface area (Å²) in [6.07, 6.45) is 1.61. The van der Waals surface area contributed by atoms with E-state index in [9.17, 15) is 9.59 Å². The standard InChI is InChI=1S/C23H20Cl2N6O2/c24-17-7-1-4-14(10-17)12-31-21-19(28-29-31)22(32)27-20(26-21)16-6-3-9-30(13-16)23(33)15-5-2-8-18(25)11-15/h1-2,4-5,7-8,10-11,16H,3,6,9,12-13H2,(H,26,27,32). The number of likely N-dealkylation sites (tertiary alicyclic amines) is 1. The van der Waals surface area contributed by atoms with Crippen LogP contribution in [-0.2, 0) is 6.54 Å². The Labute approximate surface area is 199 Å². The minimum absolute atomic E-state index is 0.0849. The first kappa shape index (κ1) is 21.6. The quantitative estimate of drug-likeness (QED) is 0.475. The molecular formula is C23H20Cl2N6O2. The van der Waals surface area contributed by atoms with Crippen molar-refractivity contribution in [1.82, 2.24) is 29.9 Å². The number of benzene rings is 2. The number of amides is 1. The lowest BCUT2D eigenvalue weighted by molar-refractivity contribution is 0.0704. The Balaban J connectivity index is 1.43. The zero-order chi connectivity index (χ0) is 22.9. The molecule has 0 aliphatic carbocycles. The number of halogens is 2. The average molecular weight is 483 g/mol. The molecule has 0 saturated carbocycles. The molecule has 10 heteroatoms. The molecule has 1 saturated heterocycles. The van der Waals surface area contributed by atoms with Crippen LogP contribution >= 0.6 is 23.2 Å². The van der Waals surface area contributed by atoms with Gasteiger partial charge in [0.05, 0.1) is 6.54 Å². The highest BCUT2D eigenvalue weighted by atomic mass is 35.5. The van der Waals surface area contributed by atoms with Crippen LogP contribution in [0.5, 0.6) is 0 Å². The third-order valence-electron chi connectivity index (χ3n) is 5.78. The van der Waals surface area contributed by atoms with Gasteiger partial charge in [0.2, 0.25) is 0 Å². The molecule has 0 bridgehead atoms. The zero-order valence-electron chi connectivity index (χ0n) is 17.5. The van der Waals surface area contributed by atoms with Crippen LogP contribution in [0.2, 0.25) is 10.0 Å². The summed E-state index contributed by atoms with van der Waals surface area (Å²) in [5.74, 6) is 0.345. The minimum atomic E-state index is -0.342. The number of piperidine rings is 1. The maximum atomic E-state index is 13.0. The Morgan fingerprint density at radius 3 is 2.70 bits per heavy atom. The van der Waals surface area contributed by atoms with Gasteiger partial charge in [-0.3, -0.25) is 9.59 Å². The van der Waals surface area contributed by atoms with Crippen molar-refractivity contribution in [2.75, 3.05) is 13.1 Å². The highest BCUT2D eigenvalue weighted by molar-refractivity contribution is 6.31. The van der Waals surface area contributed by atoms with Crippen LogP contribution in [-0.4, -0.2) is 48.9 Å². The van der Waals surface area contributed by atoms with Crippen LogP contribution in [0.1, 0.15) is 40.5 Å². The van der Waals surface area contributed by atoms with Gasteiger partial charge in [-0.2, -0.15) is 0 Å². The molecular weight excluding hydrogens is 463 g/mol. The van der Waals surface area contributed by atoms with E-state index in [1.54, 1.807) is 39.9 Å². The number of nitrogens with one attached hydrogen (secondary N) is 1. The van der Waals surface area contributed by atoms with Crippen molar-refractivity contribution in [3.05, 3.63) is 85.9 Å². The molecule has 3 heterocycles. The van der Waals surface area contributed by atoms with Crippen LogP contribution in [0, 0.1) is 0 Å². The molecule has 1 fully saturated rings. The molecule has 33 heavy (non-hydrogen) atoms. The van der Waals surface area contributed by atoms with Crippen LogP contribution in [0.25, 0.3) is 11.2 Å². The van der Waals surface area contributed by atoms with Crippen molar-refractivity contribution < 1.29 is 4.79 Å². The van der Waals surface area contributed by atoms with E-state index in [1.165, 1.54) is 0 Å². The Hall–Kier alpha value is -3.23. The van der Waals surface area contributed by atoms with Crippen molar-refractivity contribution >= 4 is 40.3 Å². The van der Waals surface area contributed by atoms with Crippen LogP contribution in [0.3, 0.4) is 0 Å². The largest absolute Gasteiger partial charge is 0.338 e. The fourth-order valence-electron chi connectivity index (χ4n) is 4.18. The van der Waals surface area contributed by atoms with Crippen molar-refractivity contribution in [3.8, 4) is 0 Å². The van der Waals surface area contributed by atoms with Crippen molar-refractivity contribution in [3.63, 3.8) is 0 Å². The zero-order valence-corrected chi connectivity index (χ0v) is 19.1. The van der Waals surface area contributed by atoms with Gasteiger partial charge in [0.25, 0.3) is 11.5 Å². The molecule has 1 atom stereocenters. The Morgan fingerprint density at radius 2 is 1.91 bits per heavy atom. The highest BCUT2D eigenvalue weighted by Crippen LogP contribution is 2.26. The Morgan fingerprint density at radius 1 is 1.12 bits per heavy atom. The molecule has 2 aromatic heterocycles. The molecule has 1 aliphatic rings. The molecule has 5 rings (SSSR count). The Bertz CT molecular complexity index is 1400. The Kier molecular flexibility index (Phi) is 5.86. The second-order valence-electron chi connectivity index (χ2n) is 8.10. The summed E-state index contributed by atoms with van der Waals surface area (Å²) in [5, 5.41) is 9.27. The lowest BCUT2D eigenvalue weighted by Crippen LogP contribution is -2.40. The van der Waals surface area contributed by atoms with Crippen molar-refractivity contribution in [2.45, 2.75) is 25.3 Å². The predicted molar refractivity (Wildman–Crippen MR) is 126 cm³/mol. The summed E-state index contributed by atoms with van der Waals surface area (Å²) in [5.41, 5.74) is 1.72. The lowest BCUT2D eigenvalue weighted by atomic mass is 9.96. The molecule has 4 aromatic rings. The van der Waals surface area contributed by atoms with E-state index in [0.717, 1.165) is 18.4 Å². The number of hydrogen-bond donors (Lipinski definition) is 1. The van der Waals surface area contributed by atoms with Crippen LogP contribution < -0.4 is 5.56 Å². The number of carbonyl (C=O) groups is 1. The van der Waals surface area contributed by atoms with Crippen LogP contribution in [0.4, 0.5) is 0 Å². The third-order valence-corrected chi connectivity index (χ3v) is 6.25. The summed E-state index contributed by atoms with van der Waals surface area (Å²) in [6, 6.07) is 14.3. The monoisotopic (exact) mass is 482 g/mol. The highest BCUT2D eigenvalue weighted by Gasteiger charge is 2.28. The van der Waals surface area contributed by atoms with Gasteiger partial charge >= 0.3 is 0 Å². The van der Waals surface area contributed by atoms with Gasteiger partial charge < -0.3 is 9.88 Å². The molecule has 0 radical (unpaired) electrons. The van der Waals surface area contributed by atoms with Crippen molar-refractivity contribution in [1.29, 1.82) is 0 Å². The van der Waals surface area contributed by atoms with Gasteiger partial charge in [0, 0.05) is 34.6 Å². The first-order chi connectivity index (χ1) is 16.0. The number of fused-ring (bicyclic) bond motifs is 1. The van der Waals surface area contributed by atoms with E-state index in [0.29, 0.717) is 46.7 Å². The first-order valence-electron chi connectivity index (χ1n) is 10.6. The molecule has 2 aromatic carbocycles. The number of rotatable bonds is 4. The summed E-state index contributed by atoms with van der Waals surface area (Å²) >= 11 is 12.1. The molecule has 1 N–H and O–H groups in total. The van der Waals surface area contributed by atoms with Gasteiger partial charge in [-0.1, -0.05) is 46.6 Å². The maximum Gasteiger partial charge on any atom is 0.281 e. The van der Waals surface area contributed by atoms with E-state index in [2.05, 4.69) is 15.3 Å². The smallest absolute Gasteiger partial charge is 0.281 e. The van der Waals surface area contributed by atoms with Crippen LogP contribution in [0.15, 0.2) is 53.3 Å². The SMILES string of the molecule is O=C(c1cccc(Cl)c1)N1CCCC(c2nc3c(nnn3Cc3cccc(Cl)c3)c(=O)[nH]2)C1. The average Bonchev–Trinajstić information content (AvgIpc) is 3.22. The maximum absolute atomic E-state index is 13.0. The van der Waals surface area contributed by atoms with Gasteiger partial charge in [-0.25, -0.2) is 9.67 Å². The molecule has 1 amide bonds. The normalized spacial score (nSPS) is 16.3. The van der Waals surface area contributed by atoms with E-state index in [-0.39, 0.29) is 22.9 Å². The minimum Gasteiger partial charge on any atom is -0.338 e. The van der Waals surface area contributed by atoms with E-state index >= 15 is 0 Å². The number of carbonyl (C=O) groups excluding carboxylic acids is 1. The third kappa shape index (κ3) is 4.49. The molecule has 8 nitrogen and oxygen atoms in total. The summed E-state index contributed by atoms with van der Waals surface area (Å²) in [7, 11) is 0. The number of aromatic nitrogens is 5. The van der Waals surface area contributed by atoms with Gasteiger partial charge in [-0.15, -0.1) is 5.10 Å². The fourth-order valence-corrected chi connectivity index (χ4v) is 4.58. The van der Waals surface area contributed by atoms with E-state index in [4.69, 9.17) is 28.2 Å². The second kappa shape index (κ2) is 8.96. The topological polar surface area (TPSA) is 96.8 Å². The van der Waals surface area contributed by atoms with Gasteiger partial charge in [-0.05, 0) is 48.7 Å². The molecule has 168 valence electrons.